The van der Waals surface area contributed by atoms with Gasteiger partial charge in [0, 0.05) is 42.3 Å². The molecule has 9 heteroatoms. The van der Waals surface area contributed by atoms with Crippen LogP contribution in [0, 0.1) is 5.82 Å². The molecule has 1 fully saturated rings. The van der Waals surface area contributed by atoms with Crippen molar-refractivity contribution in [2.45, 2.75) is 17.9 Å². The Morgan fingerprint density at radius 2 is 1.82 bits per heavy atom. The SMILES string of the molecule is COc1ccc2c3c([nH]c2c1)[C@@H](CO)N(C(=O)Cc1ccccc1)CC31CN(C(=O)Nc2ccccc2F)C1. The molecule has 2 aliphatic heterocycles. The van der Waals surface area contributed by atoms with E-state index in [-0.39, 0.29) is 24.6 Å². The van der Waals surface area contributed by atoms with Crippen molar-refractivity contribution in [3.8, 4) is 5.75 Å². The van der Waals surface area contributed by atoms with Gasteiger partial charge < -0.3 is 29.9 Å². The summed E-state index contributed by atoms with van der Waals surface area (Å²) in [6, 6.07) is 20.3. The van der Waals surface area contributed by atoms with Gasteiger partial charge in [-0.3, -0.25) is 4.79 Å². The predicted octanol–water partition coefficient (Wildman–Crippen LogP) is 4.22. The summed E-state index contributed by atoms with van der Waals surface area (Å²) in [5.41, 5.74) is 3.06. The minimum absolute atomic E-state index is 0.101. The van der Waals surface area contributed by atoms with Crippen molar-refractivity contribution in [2.24, 2.45) is 0 Å². The van der Waals surface area contributed by atoms with Crippen molar-refractivity contribution in [3.63, 3.8) is 0 Å². The van der Waals surface area contributed by atoms with Crippen LogP contribution in [-0.4, -0.2) is 65.2 Å². The molecular weight excluding hydrogens is 499 g/mol. The quantitative estimate of drug-likeness (QED) is 0.361. The molecule has 3 N–H and O–H groups in total. The molecular formula is C30H29FN4O4. The van der Waals surface area contributed by atoms with E-state index in [2.05, 4.69) is 10.3 Å². The number of ether oxygens (including phenoxy) is 1. The summed E-state index contributed by atoms with van der Waals surface area (Å²) >= 11 is 0. The molecule has 0 saturated carbocycles. The summed E-state index contributed by atoms with van der Waals surface area (Å²) in [5.74, 6) is 0.0815. The van der Waals surface area contributed by atoms with Crippen LogP contribution in [0.1, 0.15) is 22.9 Å². The first-order valence-corrected chi connectivity index (χ1v) is 12.9. The number of carbonyl (C=O) groups excluding carboxylic acids is 2. The fraction of sp³-hybridized carbons (Fsp3) is 0.267. The van der Waals surface area contributed by atoms with E-state index in [0.717, 1.165) is 27.7 Å². The number of urea groups is 1. The molecule has 0 radical (unpaired) electrons. The maximum atomic E-state index is 14.2. The Morgan fingerprint density at radius 1 is 1.08 bits per heavy atom. The van der Waals surface area contributed by atoms with Crippen LogP contribution < -0.4 is 10.1 Å². The van der Waals surface area contributed by atoms with Crippen molar-refractivity contribution < 1.29 is 23.8 Å². The van der Waals surface area contributed by atoms with Gasteiger partial charge in [-0.2, -0.15) is 0 Å². The number of halogens is 1. The van der Waals surface area contributed by atoms with Gasteiger partial charge in [-0.05, 0) is 35.4 Å². The molecule has 2 aliphatic rings. The first-order chi connectivity index (χ1) is 18.9. The smallest absolute Gasteiger partial charge is 0.321 e. The van der Waals surface area contributed by atoms with Crippen molar-refractivity contribution in [3.05, 3.63) is 95.4 Å². The van der Waals surface area contributed by atoms with Gasteiger partial charge in [-0.1, -0.05) is 42.5 Å². The van der Waals surface area contributed by atoms with Gasteiger partial charge in [-0.15, -0.1) is 0 Å². The average molecular weight is 529 g/mol. The van der Waals surface area contributed by atoms with E-state index >= 15 is 0 Å². The first-order valence-electron chi connectivity index (χ1n) is 12.9. The zero-order chi connectivity index (χ0) is 27.1. The Labute approximate surface area is 225 Å². The number of rotatable bonds is 5. The Bertz CT molecular complexity index is 1550. The molecule has 1 saturated heterocycles. The van der Waals surface area contributed by atoms with E-state index in [1.54, 1.807) is 29.0 Å². The average Bonchev–Trinajstić information content (AvgIpc) is 3.31. The second kappa shape index (κ2) is 9.74. The number of aliphatic hydroxyl groups excluding tert-OH is 1. The number of aliphatic hydroxyl groups is 1. The molecule has 39 heavy (non-hydrogen) atoms. The highest BCUT2D eigenvalue weighted by Gasteiger charge is 2.55. The third kappa shape index (κ3) is 4.28. The number of nitrogens with one attached hydrogen (secondary N) is 2. The number of aromatic amines is 1. The number of aromatic nitrogens is 1. The Hall–Kier alpha value is -4.37. The summed E-state index contributed by atoms with van der Waals surface area (Å²) in [4.78, 5) is 33.5. The fourth-order valence-corrected chi connectivity index (χ4v) is 5.98. The molecule has 8 nitrogen and oxygen atoms in total. The zero-order valence-corrected chi connectivity index (χ0v) is 21.5. The number of fused-ring (bicyclic) bond motifs is 4. The molecule has 0 aliphatic carbocycles. The van der Waals surface area contributed by atoms with Crippen LogP contribution in [0.4, 0.5) is 14.9 Å². The number of carbonyl (C=O) groups is 2. The van der Waals surface area contributed by atoms with E-state index in [4.69, 9.17) is 4.74 Å². The molecule has 4 aromatic rings. The Balaban J connectivity index is 1.35. The standard InChI is InChI=1S/C30H29FN4O4/c1-39-20-11-12-21-24(14-20)32-28-25(15-36)35(26(37)13-19-7-3-2-4-8-19)18-30(27(21)28)16-34(17-30)29(38)33-23-10-6-5-9-22(23)31/h2-12,14,25,32,36H,13,15-18H2,1H3,(H,33,38)/t25-/m1/s1. The monoisotopic (exact) mass is 528 g/mol. The lowest BCUT2D eigenvalue weighted by Crippen LogP contribution is -2.68. The lowest BCUT2D eigenvalue weighted by molar-refractivity contribution is -0.137. The second-order valence-electron chi connectivity index (χ2n) is 10.3. The maximum Gasteiger partial charge on any atom is 0.321 e. The van der Waals surface area contributed by atoms with Crippen LogP contribution in [0.3, 0.4) is 0 Å². The third-order valence-electron chi connectivity index (χ3n) is 7.83. The van der Waals surface area contributed by atoms with E-state index in [0.29, 0.717) is 25.4 Å². The van der Waals surface area contributed by atoms with Gasteiger partial charge in [0.25, 0.3) is 0 Å². The van der Waals surface area contributed by atoms with Gasteiger partial charge in [0.05, 0.1) is 37.3 Å². The van der Waals surface area contributed by atoms with Gasteiger partial charge in [0.2, 0.25) is 5.91 Å². The van der Waals surface area contributed by atoms with Crippen molar-refractivity contribution in [1.82, 2.24) is 14.8 Å². The largest absolute Gasteiger partial charge is 0.497 e. The maximum absolute atomic E-state index is 14.2. The van der Waals surface area contributed by atoms with Crippen molar-refractivity contribution in [1.29, 1.82) is 0 Å². The molecule has 3 amide bonds. The molecule has 1 spiro atoms. The molecule has 200 valence electrons. The highest BCUT2D eigenvalue weighted by atomic mass is 19.1. The summed E-state index contributed by atoms with van der Waals surface area (Å²) in [5, 5.41) is 14.1. The van der Waals surface area contributed by atoms with E-state index in [9.17, 15) is 19.1 Å². The van der Waals surface area contributed by atoms with Crippen LogP contribution in [-0.2, 0) is 16.6 Å². The second-order valence-corrected chi connectivity index (χ2v) is 10.3. The van der Waals surface area contributed by atoms with Crippen LogP contribution in [0.25, 0.3) is 10.9 Å². The number of hydrogen-bond donors (Lipinski definition) is 3. The van der Waals surface area contributed by atoms with E-state index in [1.807, 2.05) is 48.5 Å². The molecule has 1 aromatic heterocycles. The number of H-pyrrole nitrogens is 1. The molecule has 1 atom stereocenters. The summed E-state index contributed by atoms with van der Waals surface area (Å²) in [6.45, 7) is 0.781. The molecule has 0 unspecified atom stereocenters. The first kappa shape index (κ1) is 24.9. The number of amides is 3. The van der Waals surface area contributed by atoms with Gasteiger partial charge >= 0.3 is 6.03 Å². The normalized spacial score (nSPS) is 17.6. The number of benzene rings is 3. The number of methoxy groups -OCH3 is 1. The van der Waals surface area contributed by atoms with Crippen LogP contribution in [0.15, 0.2) is 72.8 Å². The molecule has 3 heterocycles. The Kier molecular flexibility index (Phi) is 6.23. The van der Waals surface area contributed by atoms with E-state index in [1.165, 1.54) is 12.1 Å². The minimum Gasteiger partial charge on any atom is -0.497 e. The molecule has 6 rings (SSSR count). The minimum atomic E-state index is -0.554. The highest BCUT2D eigenvalue weighted by Crippen LogP contribution is 2.48. The summed E-state index contributed by atoms with van der Waals surface area (Å²) in [6.07, 6.45) is 0.203. The molecule has 0 bridgehead atoms. The lowest BCUT2D eigenvalue weighted by atomic mass is 9.68. The highest BCUT2D eigenvalue weighted by molar-refractivity contribution is 5.93. The van der Waals surface area contributed by atoms with Crippen molar-refractivity contribution >= 4 is 28.5 Å². The van der Waals surface area contributed by atoms with Gasteiger partial charge in [-0.25, -0.2) is 9.18 Å². The third-order valence-corrected chi connectivity index (χ3v) is 7.83. The number of para-hydroxylation sites is 1. The van der Waals surface area contributed by atoms with Gasteiger partial charge in [0.15, 0.2) is 0 Å². The topological polar surface area (TPSA) is 97.9 Å². The zero-order valence-electron chi connectivity index (χ0n) is 21.5. The lowest BCUT2D eigenvalue weighted by Gasteiger charge is -2.56. The number of anilines is 1. The number of hydrogen-bond acceptors (Lipinski definition) is 4. The van der Waals surface area contributed by atoms with E-state index < -0.39 is 23.3 Å². The number of nitrogens with zero attached hydrogens (tertiary/aromatic N) is 2. The summed E-state index contributed by atoms with van der Waals surface area (Å²) in [7, 11) is 1.60. The Morgan fingerprint density at radius 3 is 2.54 bits per heavy atom. The molecule has 3 aromatic carbocycles. The van der Waals surface area contributed by atoms with Crippen LogP contribution in [0.5, 0.6) is 5.75 Å². The van der Waals surface area contributed by atoms with Gasteiger partial charge in [0.1, 0.15) is 11.6 Å². The summed E-state index contributed by atoms with van der Waals surface area (Å²) < 4.78 is 19.6. The van der Waals surface area contributed by atoms with Crippen molar-refractivity contribution in [2.75, 3.05) is 38.7 Å². The van der Waals surface area contributed by atoms with Crippen LogP contribution >= 0.6 is 0 Å². The predicted molar refractivity (Wildman–Crippen MR) is 145 cm³/mol. The van der Waals surface area contributed by atoms with Crippen LogP contribution in [0.2, 0.25) is 0 Å². The number of likely N-dealkylation sites (tertiary alicyclic amines) is 1. The fourth-order valence-electron chi connectivity index (χ4n) is 5.98.